The molecule has 5 heteroatoms. The van der Waals surface area contributed by atoms with Crippen LogP contribution in [-0.4, -0.2) is 16.7 Å². The maximum absolute atomic E-state index is 13.1. The first kappa shape index (κ1) is 22.1. The second kappa shape index (κ2) is 9.48. The Morgan fingerprint density at radius 3 is 2.43 bits per heavy atom. The van der Waals surface area contributed by atoms with Crippen molar-refractivity contribution in [2.75, 3.05) is 5.32 Å². The predicted octanol–water partition coefficient (Wildman–Crippen LogP) is 6.99. The van der Waals surface area contributed by atoms with Crippen LogP contribution in [0.5, 0.6) is 0 Å². The number of aromatic nitrogens is 1. The zero-order chi connectivity index (χ0) is 21.7. The quantitative estimate of drug-likeness (QED) is 0.302. The van der Waals surface area contributed by atoms with E-state index in [-0.39, 0.29) is 11.7 Å². The molecule has 0 aliphatic carbocycles. The normalized spacial score (nSPS) is 11.6. The van der Waals surface area contributed by atoms with Gasteiger partial charge in [-0.15, -0.1) is 0 Å². The van der Waals surface area contributed by atoms with Crippen LogP contribution >= 0.6 is 11.6 Å². The summed E-state index contributed by atoms with van der Waals surface area (Å²) in [6, 6.07) is 14.4. The maximum atomic E-state index is 13.1. The van der Waals surface area contributed by atoms with Crippen molar-refractivity contribution < 1.29 is 9.59 Å². The molecule has 0 radical (unpaired) electrons. The van der Waals surface area contributed by atoms with Gasteiger partial charge < -0.3 is 10.3 Å². The average Bonchev–Trinajstić information content (AvgIpc) is 3.04. The zero-order valence-corrected chi connectivity index (χ0v) is 18.6. The van der Waals surface area contributed by atoms with Crippen molar-refractivity contribution in [2.45, 2.75) is 52.9 Å². The van der Waals surface area contributed by atoms with Crippen LogP contribution in [0.4, 0.5) is 5.69 Å². The number of halogens is 1. The second-order valence-corrected chi connectivity index (χ2v) is 9.37. The molecule has 0 aliphatic heterocycles. The molecule has 0 fully saturated rings. The van der Waals surface area contributed by atoms with Crippen molar-refractivity contribution in [1.82, 2.24) is 4.98 Å². The van der Waals surface area contributed by atoms with Crippen molar-refractivity contribution in [3.8, 4) is 0 Å². The van der Waals surface area contributed by atoms with Gasteiger partial charge in [0.05, 0.1) is 5.69 Å². The summed E-state index contributed by atoms with van der Waals surface area (Å²) in [7, 11) is 0. The molecule has 0 atom stereocenters. The van der Waals surface area contributed by atoms with Crippen LogP contribution in [0.2, 0.25) is 5.02 Å². The number of hydrogen-bond acceptors (Lipinski definition) is 2. The molecular formula is C25H29ClN2O2. The van der Waals surface area contributed by atoms with Crippen molar-refractivity contribution in [2.24, 2.45) is 5.41 Å². The Labute approximate surface area is 183 Å². The number of unbranched alkanes of at least 4 members (excludes halogenated alkanes) is 2. The highest BCUT2D eigenvalue weighted by molar-refractivity contribution is 6.31. The molecule has 4 nitrogen and oxygen atoms in total. The van der Waals surface area contributed by atoms with Gasteiger partial charge in [0.15, 0.2) is 0 Å². The van der Waals surface area contributed by atoms with Gasteiger partial charge in [0.25, 0.3) is 0 Å². The van der Waals surface area contributed by atoms with Crippen LogP contribution in [0.15, 0.2) is 48.5 Å². The molecule has 0 saturated heterocycles. The highest BCUT2D eigenvalue weighted by atomic mass is 35.5. The van der Waals surface area contributed by atoms with E-state index in [2.05, 4.69) is 31.1 Å². The van der Waals surface area contributed by atoms with E-state index in [0.29, 0.717) is 33.8 Å². The Hall–Kier alpha value is -2.59. The highest BCUT2D eigenvalue weighted by Gasteiger charge is 2.21. The summed E-state index contributed by atoms with van der Waals surface area (Å²) < 4.78 is 0. The first-order chi connectivity index (χ1) is 14.2. The second-order valence-electron chi connectivity index (χ2n) is 8.93. The molecule has 0 bridgehead atoms. The van der Waals surface area contributed by atoms with E-state index < -0.39 is 0 Å². The Kier molecular flexibility index (Phi) is 6.99. The first-order valence-electron chi connectivity index (χ1n) is 10.5. The fourth-order valence-electron chi connectivity index (χ4n) is 3.52. The fourth-order valence-corrected chi connectivity index (χ4v) is 3.70. The minimum absolute atomic E-state index is 0.0799. The van der Waals surface area contributed by atoms with E-state index in [0.717, 1.165) is 36.6 Å². The number of H-pyrrole nitrogens is 1. The summed E-state index contributed by atoms with van der Waals surface area (Å²) in [6.07, 6.45) is 4.54. The molecule has 30 heavy (non-hydrogen) atoms. The van der Waals surface area contributed by atoms with Gasteiger partial charge in [-0.1, -0.05) is 75.5 Å². The number of ketones is 1. The van der Waals surface area contributed by atoms with E-state index in [9.17, 15) is 9.59 Å². The highest BCUT2D eigenvalue weighted by Crippen LogP contribution is 2.31. The lowest BCUT2D eigenvalue weighted by Crippen LogP contribution is -2.14. The lowest BCUT2D eigenvalue weighted by Gasteiger charge is -2.17. The largest absolute Gasteiger partial charge is 0.350 e. The predicted molar refractivity (Wildman–Crippen MR) is 124 cm³/mol. The van der Waals surface area contributed by atoms with E-state index in [4.69, 9.17) is 11.6 Å². The number of fused-ring (bicyclic) bond motifs is 1. The molecule has 1 heterocycles. The van der Waals surface area contributed by atoms with Crippen LogP contribution in [0.1, 0.15) is 68.9 Å². The van der Waals surface area contributed by atoms with Crippen molar-refractivity contribution >= 4 is 39.9 Å². The van der Waals surface area contributed by atoms with E-state index >= 15 is 0 Å². The Balaban J connectivity index is 1.77. The molecule has 158 valence electrons. The number of carbonyl (C=O) groups excluding carboxylic acids is 2. The molecule has 1 amide bonds. The first-order valence-corrected chi connectivity index (χ1v) is 10.8. The molecule has 2 N–H and O–H groups in total. The SMILES string of the molecule is CC(C)(C)CCCCCC(=O)Nc1c(C(=O)c2ccccc2)[nH]c2cc(Cl)ccc12. The van der Waals surface area contributed by atoms with Gasteiger partial charge in [0, 0.05) is 27.9 Å². The standard InChI is InChI=1S/C25H29ClN2O2/c1-25(2,3)15-9-5-8-12-21(29)28-22-19-14-13-18(26)16-20(19)27-23(22)24(30)17-10-6-4-7-11-17/h4,6-7,10-11,13-14,16,27H,5,8-9,12,15H2,1-3H3,(H,28,29). The molecule has 3 aromatic rings. The minimum atomic E-state index is -0.164. The number of nitrogens with one attached hydrogen (secondary N) is 2. The van der Waals surface area contributed by atoms with Crippen LogP contribution < -0.4 is 5.32 Å². The zero-order valence-electron chi connectivity index (χ0n) is 17.8. The summed E-state index contributed by atoms with van der Waals surface area (Å²) in [6.45, 7) is 6.69. The van der Waals surface area contributed by atoms with Crippen molar-refractivity contribution in [3.63, 3.8) is 0 Å². The van der Waals surface area contributed by atoms with Crippen molar-refractivity contribution in [3.05, 3.63) is 64.8 Å². The van der Waals surface area contributed by atoms with Gasteiger partial charge in [-0.25, -0.2) is 0 Å². The summed E-state index contributed by atoms with van der Waals surface area (Å²) >= 11 is 6.12. The number of hydrogen-bond donors (Lipinski definition) is 2. The van der Waals surface area contributed by atoms with E-state index in [1.807, 2.05) is 24.3 Å². The third kappa shape index (κ3) is 5.73. The summed E-state index contributed by atoms with van der Waals surface area (Å²) in [5.74, 6) is -0.243. The van der Waals surface area contributed by atoms with Gasteiger partial charge in [-0.3, -0.25) is 9.59 Å². The summed E-state index contributed by atoms with van der Waals surface area (Å²) in [4.78, 5) is 28.9. The van der Waals surface area contributed by atoms with Gasteiger partial charge in [0.2, 0.25) is 11.7 Å². The van der Waals surface area contributed by atoms with Gasteiger partial charge in [0.1, 0.15) is 5.69 Å². The van der Waals surface area contributed by atoms with Crippen molar-refractivity contribution in [1.29, 1.82) is 0 Å². The maximum Gasteiger partial charge on any atom is 0.224 e. The van der Waals surface area contributed by atoms with Crippen LogP contribution in [-0.2, 0) is 4.79 Å². The van der Waals surface area contributed by atoms with Crippen LogP contribution in [0, 0.1) is 5.41 Å². The van der Waals surface area contributed by atoms with E-state index in [1.165, 1.54) is 0 Å². The number of amides is 1. The lowest BCUT2D eigenvalue weighted by molar-refractivity contribution is -0.116. The number of carbonyl (C=O) groups is 2. The molecule has 0 saturated carbocycles. The molecule has 0 spiro atoms. The summed E-state index contributed by atoms with van der Waals surface area (Å²) in [5.41, 5.74) is 2.50. The minimum Gasteiger partial charge on any atom is -0.350 e. The molecule has 2 aromatic carbocycles. The third-order valence-electron chi connectivity index (χ3n) is 5.12. The number of benzene rings is 2. The Morgan fingerprint density at radius 2 is 1.73 bits per heavy atom. The molecule has 0 unspecified atom stereocenters. The average molecular weight is 425 g/mol. The molecular weight excluding hydrogens is 396 g/mol. The molecule has 3 rings (SSSR count). The number of rotatable bonds is 8. The van der Waals surface area contributed by atoms with Gasteiger partial charge in [-0.05, 0) is 36.5 Å². The summed E-state index contributed by atoms with van der Waals surface area (Å²) in [5, 5.41) is 4.32. The van der Waals surface area contributed by atoms with Gasteiger partial charge >= 0.3 is 0 Å². The molecule has 0 aliphatic rings. The fraction of sp³-hybridized carbons (Fsp3) is 0.360. The van der Waals surface area contributed by atoms with Gasteiger partial charge in [-0.2, -0.15) is 0 Å². The lowest BCUT2D eigenvalue weighted by atomic mass is 9.89. The third-order valence-corrected chi connectivity index (χ3v) is 5.35. The monoisotopic (exact) mass is 424 g/mol. The Morgan fingerprint density at radius 1 is 1.00 bits per heavy atom. The molecule has 1 aromatic heterocycles. The topological polar surface area (TPSA) is 62.0 Å². The smallest absolute Gasteiger partial charge is 0.224 e. The van der Waals surface area contributed by atoms with Crippen LogP contribution in [0.25, 0.3) is 10.9 Å². The number of aromatic amines is 1. The van der Waals surface area contributed by atoms with Crippen LogP contribution in [0.3, 0.4) is 0 Å². The Bertz CT molecular complexity index is 1030. The van der Waals surface area contributed by atoms with E-state index in [1.54, 1.807) is 24.3 Å². The number of anilines is 1.